The normalized spacial score (nSPS) is 14.0. The monoisotopic (exact) mass is 418 g/mol. The summed E-state index contributed by atoms with van der Waals surface area (Å²) in [6.45, 7) is 5.28. The minimum absolute atomic E-state index is 0.216. The number of anilines is 1. The molecule has 2 heterocycles. The predicted molar refractivity (Wildman–Crippen MR) is 123 cm³/mol. The number of aromatic nitrogens is 2. The Kier molecular flexibility index (Phi) is 6.26. The molecular weight excluding hydrogens is 388 g/mol. The number of ether oxygens (including phenoxy) is 1. The molecule has 1 aromatic heterocycles. The van der Waals surface area contributed by atoms with Gasteiger partial charge in [-0.25, -0.2) is 0 Å². The van der Waals surface area contributed by atoms with Crippen LogP contribution in [0.15, 0.2) is 54.7 Å². The number of hydrogen-bond donors (Lipinski definition) is 0. The molecule has 162 valence electrons. The van der Waals surface area contributed by atoms with Crippen molar-refractivity contribution in [3.8, 4) is 17.0 Å². The number of carbonyl (C=O) groups excluding carboxylic acids is 1. The average Bonchev–Trinajstić information content (AvgIpc) is 3.18. The maximum absolute atomic E-state index is 12.9. The lowest BCUT2D eigenvalue weighted by atomic mass is 10.0. The fraction of sp³-hybridized carbons (Fsp3) is 0.360. The molecule has 2 aromatic carbocycles. The number of piperazine rings is 1. The quantitative estimate of drug-likeness (QED) is 0.613. The fourth-order valence-corrected chi connectivity index (χ4v) is 4.08. The van der Waals surface area contributed by atoms with E-state index in [9.17, 15) is 4.79 Å². The Hall–Kier alpha value is -3.28. The standard InChI is InChI=1S/C25H30N4O2/c1-19-4-6-20(7-5-19)25-21(18-27(2)26-25)8-13-24(30)29-16-14-28(15-17-29)22-9-11-23(31-3)12-10-22/h4-7,9-12,18H,8,13-17H2,1-3H3. The van der Waals surface area contributed by atoms with Gasteiger partial charge in [0.25, 0.3) is 0 Å². The SMILES string of the molecule is COc1ccc(N2CCN(C(=O)CCc3cn(C)nc3-c3ccc(C)cc3)CC2)cc1. The van der Waals surface area contributed by atoms with Gasteiger partial charge in [0.2, 0.25) is 5.91 Å². The van der Waals surface area contributed by atoms with Gasteiger partial charge in [-0.15, -0.1) is 0 Å². The number of amides is 1. The van der Waals surface area contributed by atoms with E-state index in [-0.39, 0.29) is 5.91 Å². The minimum Gasteiger partial charge on any atom is -0.497 e. The van der Waals surface area contributed by atoms with Gasteiger partial charge in [0, 0.05) is 57.1 Å². The summed E-state index contributed by atoms with van der Waals surface area (Å²) >= 11 is 0. The third kappa shape index (κ3) is 4.90. The van der Waals surface area contributed by atoms with Crippen molar-refractivity contribution in [3.63, 3.8) is 0 Å². The van der Waals surface area contributed by atoms with Gasteiger partial charge in [0.15, 0.2) is 0 Å². The van der Waals surface area contributed by atoms with E-state index in [4.69, 9.17) is 4.74 Å². The summed E-state index contributed by atoms with van der Waals surface area (Å²) < 4.78 is 7.07. The van der Waals surface area contributed by atoms with Crippen LogP contribution in [0.4, 0.5) is 5.69 Å². The van der Waals surface area contributed by atoms with Crippen molar-refractivity contribution < 1.29 is 9.53 Å². The van der Waals surface area contributed by atoms with E-state index >= 15 is 0 Å². The second-order valence-electron chi connectivity index (χ2n) is 8.11. The zero-order valence-corrected chi connectivity index (χ0v) is 18.5. The lowest BCUT2D eigenvalue weighted by Crippen LogP contribution is -2.48. The fourth-order valence-electron chi connectivity index (χ4n) is 4.08. The summed E-state index contributed by atoms with van der Waals surface area (Å²) in [5, 5.41) is 4.63. The number of carbonyl (C=O) groups is 1. The Labute approximate surface area is 184 Å². The first-order chi connectivity index (χ1) is 15.0. The number of nitrogens with zero attached hydrogens (tertiary/aromatic N) is 4. The Morgan fingerprint density at radius 1 is 1.00 bits per heavy atom. The molecule has 6 nitrogen and oxygen atoms in total. The molecule has 0 spiro atoms. The Bertz CT molecular complexity index is 1020. The molecule has 1 aliphatic heterocycles. The van der Waals surface area contributed by atoms with Crippen LogP contribution < -0.4 is 9.64 Å². The van der Waals surface area contributed by atoms with Crippen LogP contribution in [0.3, 0.4) is 0 Å². The van der Waals surface area contributed by atoms with Crippen molar-refractivity contribution in [2.45, 2.75) is 19.8 Å². The largest absolute Gasteiger partial charge is 0.497 e. The van der Waals surface area contributed by atoms with Crippen molar-refractivity contribution >= 4 is 11.6 Å². The van der Waals surface area contributed by atoms with Crippen LogP contribution in [0, 0.1) is 6.92 Å². The van der Waals surface area contributed by atoms with Crippen molar-refractivity contribution in [3.05, 3.63) is 65.9 Å². The first-order valence-corrected chi connectivity index (χ1v) is 10.8. The summed E-state index contributed by atoms with van der Waals surface area (Å²) in [6, 6.07) is 16.5. The molecule has 0 unspecified atom stereocenters. The van der Waals surface area contributed by atoms with E-state index in [0.717, 1.165) is 48.7 Å². The van der Waals surface area contributed by atoms with Crippen LogP contribution in [0.25, 0.3) is 11.3 Å². The van der Waals surface area contributed by atoms with Crippen molar-refractivity contribution in [2.24, 2.45) is 7.05 Å². The van der Waals surface area contributed by atoms with E-state index in [1.54, 1.807) is 7.11 Å². The van der Waals surface area contributed by atoms with E-state index in [1.807, 2.05) is 35.0 Å². The highest BCUT2D eigenvalue weighted by Crippen LogP contribution is 2.24. The first kappa shape index (κ1) is 21.0. The molecule has 3 aromatic rings. The molecule has 0 N–H and O–H groups in total. The maximum atomic E-state index is 12.9. The lowest BCUT2D eigenvalue weighted by Gasteiger charge is -2.36. The second-order valence-corrected chi connectivity index (χ2v) is 8.11. The van der Waals surface area contributed by atoms with Gasteiger partial charge in [0.05, 0.1) is 12.8 Å². The molecule has 0 saturated carbocycles. The number of hydrogen-bond acceptors (Lipinski definition) is 4. The maximum Gasteiger partial charge on any atom is 0.223 e. The van der Waals surface area contributed by atoms with E-state index < -0.39 is 0 Å². The van der Waals surface area contributed by atoms with Crippen LogP contribution >= 0.6 is 0 Å². The smallest absolute Gasteiger partial charge is 0.223 e. The molecule has 1 saturated heterocycles. The number of rotatable bonds is 6. The highest BCUT2D eigenvalue weighted by Gasteiger charge is 2.22. The third-order valence-electron chi connectivity index (χ3n) is 5.91. The summed E-state index contributed by atoms with van der Waals surface area (Å²) in [7, 11) is 3.61. The van der Waals surface area contributed by atoms with Gasteiger partial charge >= 0.3 is 0 Å². The van der Waals surface area contributed by atoms with Gasteiger partial charge in [-0.1, -0.05) is 29.8 Å². The molecule has 6 heteroatoms. The van der Waals surface area contributed by atoms with E-state index in [1.165, 1.54) is 11.3 Å². The van der Waals surface area contributed by atoms with Gasteiger partial charge in [-0.3, -0.25) is 9.48 Å². The highest BCUT2D eigenvalue weighted by molar-refractivity contribution is 5.77. The Balaban J connectivity index is 1.33. The highest BCUT2D eigenvalue weighted by atomic mass is 16.5. The molecule has 1 amide bonds. The average molecular weight is 419 g/mol. The van der Waals surface area contributed by atoms with Crippen LogP contribution in [-0.2, 0) is 18.3 Å². The number of methoxy groups -OCH3 is 1. The Morgan fingerprint density at radius 3 is 2.32 bits per heavy atom. The zero-order chi connectivity index (χ0) is 21.8. The van der Waals surface area contributed by atoms with Crippen molar-refractivity contribution in [1.29, 1.82) is 0 Å². The molecule has 31 heavy (non-hydrogen) atoms. The second kappa shape index (κ2) is 9.25. The molecule has 0 aliphatic carbocycles. The lowest BCUT2D eigenvalue weighted by molar-refractivity contribution is -0.131. The molecule has 4 rings (SSSR count). The topological polar surface area (TPSA) is 50.6 Å². The molecule has 0 radical (unpaired) electrons. The number of benzene rings is 2. The third-order valence-corrected chi connectivity index (χ3v) is 5.91. The van der Waals surface area contributed by atoms with E-state index in [0.29, 0.717) is 12.8 Å². The van der Waals surface area contributed by atoms with Gasteiger partial charge in [0.1, 0.15) is 5.75 Å². The minimum atomic E-state index is 0.216. The van der Waals surface area contributed by atoms with Crippen molar-refractivity contribution in [2.75, 3.05) is 38.2 Å². The van der Waals surface area contributed by atoms with Crippen LogP contribution in [0.1, 0.15) is 17.5 Å². The summed E-state index contributed by atoms with van der Waals surface area (Å²) in [5.74, 6) is 1.08. The van der Waals surface area contributed by atoms with Gasteiger partial charge in [-0.2, -0.15) is 5.10 Å². The molecule has 1 fully saturated rings. The molecule has 0 bridgehead atoms. The number of aryl methyl sites for hydroxylation is 3. The zero-order valence-electron chi connectivity index (χ0n) is 18.5. The predicted octanol–water partition coefficient (Wildman–Crippen LogP) is 3.69. The molecule has 0 atom stereocenters. The Morgan fingerprint density at radius 2 is 1.68 bits per heavy atom. The van der Waals surface area contributed by atoms with Crippen LogP contribution in [0.2, 0.25) is 0 Å². The first-order valence-electron chi connectivity index (χ1n) is 10.8. The van der Waals surface area contributed by atoms with Crippen LogP contribution in [-0.4, -0.2) is 53.9 Å². The molecular formula is C25H30N4O2. The van der Waals surface area contributed by atoms with Crippen LogP contribution in [0.5, 0.6) is 5.75 Å². The molecule has 1 aliphatic rings. The van der Waals surface area contributed by atoms with Gasteiger partial charge < -0.3 is 14.5 Å². The summed E-state index contributed by atoms with van der Waals surface area (Å²) in [4.78, 5) is 17.2. The van der Waals surface area contributed by atoms with Crippen molar-refractivity contribution in [1.82, 2.24) is 14.7 Å². The van der Waals surface area contributed by atoms with Gasteiger partial charge in [-0.05, 0) is 43.2 Å². The van der Waals surface area contributed by atoms with E-state index in [2.05, 4.69) is 53.3 Å². The summed E-state index contributed by atoms with van der Waals surface area (Å²) in [5.41, 5.74) is 5.59. The summed E-state index contributed by atoms with van der Waals surface area (Å²) in [6.07, 6.45) is 3.24.